The number of hydrogen-bond acceptors (Lipinski definition) is 7. The third-order valence-electron chi connectivity index (χ3n) is 6.93. The summed E-state index contributed by atoms with van der Waals surface area (Å²) >= 11 is 0. The van der Waals surface area contributed by atoms with Crippen molar-refractivity contribution in [2.24, 2.45) is 7.05 Å². The zero-order chi connectivity index (χ0) is 25.2. The van der Waals surface area contributed by atoms with Crippen LogP contribution in [0.25, 0.3) is 33.2 Å². The summed E-state index contributed by atoms with van der Waals surface area (Å²) in [6.45, 7) is 4.66. The number of aromatic nitrogens is 5. The van der Waals surface area contributed by atoms with Crippen LogP contribution in [0.2, 0.25) is 0 Å². The Morgan fingerprint density at radius 1 is 0.838 bits per heavy atom. The molecule has 8 heteroatoms. The minimum atomic E-state index is 0.788. The van der Waals surface area contributed by atoms with Crippen LogP contribution in [0, 0.1) is 0 Å². The Morgan fingerprint density at radius 2 is 1.73 bits per heavy atom. The molecular weight excluding hydrogens is 462 g/mol. The van der Waals surface area contributed by atoms with E-state index in [1.165, 1.54) is 0 Å². The number of fused-ring (bicyclic) bond motifs is 1. The summed E-state index contributed by atoms with van der Waals surface area (Å²) in [5, 5.41) is 5.46. The highest BCUT2D eigenvalue weighted by Gasteiger charge is 2.19. The van der Waals surface area contributed by atoms with E-state index in [1.54, 1.807) is 13.3 Å². The van der Waals surface area contributed by atoms with Crippen LogP contribution in [0.4, 0.5) is 5.82 Å². The Morgan fingerprint density at radius 3 is 2.43 bits per heavy atom. The third kappa shape index (κ3) is 4.88. The second-order valence-corrected chi connectivity index (χ2v) is 9.35. The monoisotopic (exact) mass is 491 g/mol. The fourth-order valence-electron chi connectivity index (χ4n) is 4.88. The van der Waals surface area contributed by atoms with Crippen LogP contribution in [0.1, 0.15) is 5.69 Å². The van der Waals surface area contributed by atoms with Gasteiger partial charge < -0.3 is 9.64 Å². The van der Waals surface area contributed by atoms with Crippen LogP contribution in [0.15, 0.2) is 79.5 Å². The number of rotatable bonds is 6. The molecule has 0 spiro atoms. The topological polar surface area (TPSA) is 72.2 Å². The van der Waals surface area contributed by atoms with Crippen molar-refractivity contribution in [1.29, 1.82) is 0 Å². The molecule has 0 saturated carbocycles. The molecule has 0 N–H and O–H groups in total. The smallest absolute Gasteiger partial charge is 0.137 e. The summed E-state index contributed by atoms with van der Waals surface area (Å²) in [6, 6.07) is 16.7. The Hall–Kier alpha value is -4.30. The molecule has 1 aliphatic heterocycles. The first-order chi connectivity index (χ1) is 18.2. The van der Waals surface area contributed by atoms with E-state index in [1.807, 2.05) is 54.7 Å². The fraction of sp³-hybridized carbons (Fsp3) is 0.241. The van der Waals surface area contributed by atoms with E-state index in [0.29, 0.717) is 0 Å². The Bertz CT molecular complexity index is 1500. The van der Waals surface area contributed by atoms with Gasteiger partial charge in [0.2, 0.25) is 0 Å². The predicted molar refractivity (Wildman–Crippen MR) is 145 cm³/mol. The number of hydrogen-bond donors (Lipinski definition) is 0. The zero-order valence-electron chi connectivity index (χ0n) is 21.1. The largest absolute Gasteiger partial charge is 0.495 e. The highest BCUT2D eigenvalue weighted by Crippen LogP contribution is 2.33. The molecule has 0 bridgehead atoms. The van der Waals surface area contributed by atoms with Gasteiger partial charge in [-0.15, -0.1) is 0 Å². The van der Waals surface area contributed by atoms with Gasteiger partial charge in [0.1, 0.15) is 11.6 Å². The Labute approximate surface area is 216 Å². The average molecular weight is 492 g/mol. The molecule has 1 saturated heterocycles. The van der Waals surface area contributed by atoms with Gasteiger partial charge in [-0.05, 0) is 53.6 Å². The number of ether oxygens (including phenoxy) is 1. The van der Waals surface area contributed by atoms with Crippen molar-refractivity contribution in [3.05, 3.63) is 85.2 Å². The van der Waals surface area contributed by atoms with Gasteiger partial charge in [-0.25, -0.2) is 4.98 Å². The average Bonchev–Trinajstić information content (AvgIpc) is 3.40. The van der Waals surface area contributed by atoms with E-state index in [-0.39, 0.29) is 0 Å². The van der Waals surface area contributed by atoms with Gasteiger partial charge in [0.25, 0.3) is 0 Å². The molecule has 1 fully saturated rings. The van der Waals surface area contributed by atoms with Gasteiger partial charge in [0, 0.05) is 74.9 Å². The van der Waals surface area contributed by atoms with Crippen molar-refractivity contribution in [2.45, 2.75) is 6.54 Å². The van der Waals surface area contributed by atoms with Crippen LogP contribution in [-0.4, -0.2) is 62.9 Å². The van der Waals surface area contributed by atoms with Gasteiger partial charge in [-0.2, -0.15) is 5.10 Å². The maximum Gasteiger partial charge on any atom is 0.137 e. The second kappa shape index (κ2) is 9.99. The van der Waals surface area contributed by atoms with Crippen molar-refractivity contribution >= 4 is 16.7 Å². The molecule has 0 radical (unpaired) electrons. The second-order valence-electron chi connectivity index (χ2n) is 9.35. The van der Waals surface area contributed by atoms with E-state index in [4.69, 9.17) is 9.72 Å². The lowest BCUT2D eigenvalue weighted by molar-refractivity contribution is 0.246. The van der Waals surface area contributed by atoms with Crippen LogP contribution in [-0.2, 0) is 13.6 Å². The summed E-state index contributed by atoms with van der Waals surface area (Å²) in [6.07, 6.45) is 9.52. The molecule has 1 aliphatic rings. The molecule has 0 unspecified atom stereocenters. The van der Waals surface area contributed by atoms with Crippen molar-refractivity contribution in [2.75, 3.05) is 38.2 Å². The van der Waals surface area contributed by atoms with E-state index in [9.17, 15) is 0 Å². The molecule has 4 aromatic heterocycles. The first-order valence-electron chi connectivity index (χ1n) is 12.5. The number of methoxy groups -OCH3 is 1. The standard InChI is InChI=1S/C29H29N7O/c1-34-19-23(17-33-34)22-14-27(26-4-3-9-30-28(26)15-22)21-5-8-29(32-16-21)36-12-10-35(11-13-36)20-24-6-7-25(37-2)18-31-24/h3-9,14-19H,10-13,20H2,1-2H3. The maximum atomic E-state index is 5.21. The highest BCUT2D eigenvalue weighted by atomic mass is 16.5. The molecule has 0 aliphatic carbocycles. The number of nitrogens with zero attached hydrogens (tertiary/aromatic N) is 7. The molecule has 0 amide bonds. The van der Waals surface area contributed by atoms with Crippen molar-refractivity contribution in [1.82, 2.24) is 29.6 Å². The molecule has 37 heavy (non-hydrogen) atoms. The summed E-state index contributed by atoms with van der Waals surface area (Å²) < 4.78 is 7.03. The van der Waals surface area contributed by atoms with Gasteiger partial charge in [-0.3, -0.25) is 19.5 Å². The van der Waals surface area contributed by atoms with Crippen molar-refractivity contribution in [3.8, 4) is 28.0 Å². The van der Waals surface area contributed by atoms with Crippen LogP contribution < -0.4 is 9.64 Å². The zero-order valence-corrected chi connectivity index (χ0v) is 21.1. The quantitative estimate of drug-likeness (QED) is 0.348. The normalized spacial score (nSPS) is 14.3. The van der Waals surface area contributed by atoms with Gasteiger partial charge in [0.15, 0.2) is 0 Å². The minimum Gasteiger partial charge on any atom is -0.495 e. The summed E-state index contributed by atoms with van der Waals surface area (Å²) in [7, 11) is 3.59. The molecular formula is C29H29N7O. The highest BCUT2D eigenvalue weighted by molar-refractivity contribution is 5.98. The van der Waals surface area contributed by atoms with Gasteiger partial charge in [-0.1, -0.05) is 6.07 Å². The lowest BCUT2D eigenvalue weighted by Gasteiger charge is -2.35. The number of anilines is 1. The van der Waals surface area contributed by atoms with Crippen molar-refractivity contribution < 1.29 is 4.74 Å². The lowest BCUT2D eigenvalue weighted by Crippen LogP contribution is -2.46. The number of benzene rings is 1. The predicted octanol–water partition coefficient (Wildman–Crippen LogP) is 4.42. The molecule has 8 nitrogen and oxygen atoms in total. The lowest BCUT2D eigenvalue weighted by atomic mass is 9.97. The molecule has 186 valence electrons. The van der Waals surface area contributed by atoms with Crippen LogP contribution >= 0.6 is 0 Å². The van der Waals surface area contributed by atoms with Crippen LogP contribution in [0.5, 0.6) is 5.75 Å². The Balaban J connectivity index is 1.18. The van der Waals surface area contributed by atoms with Crippen LogP contribution in [0.3, 0.4) is 0 Å². The maximum absolute atomic E-state index is 5.21. The molecule has 0 atom stereocenters. The summed E-state index contributed by atoms with van der Waals surface area (Å²) in [5.41, 5.74) is 6.40. The first-order valence-corrected chi connectivity index (χ1v) is 12.5. The number of aryl methyl sites for hydroxylation is 1. The summed E-state index contributed by atoms with van der Waals surface area (Å²) in [5.74, 6) is 1.80. The Kier molecular flexibility index (Phi) is 6.24. The number of pyridine rings is 3. The van der Waals surface area contributed by atoms with E-state index >= 15 is 0 Å². The number of piperazine rings is 1. The summed E-state index contributed by atoms with van der Waals surface area (Å²) in [4.78, 5) is 18.8. The van der Waals surface area contributed by atoms with E-state index < -0.39 is 0 Å². The van der Waals surface area contributed by atoms with E-state index in [0.717, 1.165) is 83.1 Å². The SMILES string of the molecule is COc1ccc(CN2CCN(c3ccc(-c4cc(-c5cnn(C)c5)cc5ncccc45)cn3)CC2)nc1. The molecule has 6 rings (SSSR count). The third-order valence-corrected chi connectivity index (χ3v) is 6.93. The fourth-order valence-corrected chi connectivity index (χ4v) is 4.88. The van der Waals surface area contributed by atoms with Gasteiger partial charge >= 0.3 is 0 Å². The van der Waals surface area contributed by atoms with Crippen molar-refractivity contribution in [3.63, 3.8) is 0 Å². The molecule has 1 aromatic carbocycles. The minimum absolute atomic E-state index is 0.788. The molecule has 5 heterocycles. The first kappa shape index (κ1) is 23.1. The van der Waals surface area contributed by atoms with E-state index in [2.05, 4.69) is 55.2 Å². The molecule has 5 aromatic rings. The van der Waals surface area contributed by atoms with Gasteiger partial charge in [0.05, 0.1) is 30.7 Å².